The van der Waals surface area contributed by atoms with Crippen LogP contribution in [0, 0.1) is 5.41 Å². The number of pyridine rings is 1. The predicted octanol–water partition coefficient (Wildman–Crippen LogP) is 2.16. The molecule has 0 saturated carbocycles. The number of piperidine rings is 1. The van der Waals surface area contributed by atoms with E-state index >= 15 is 0 Å². The molecule has 4 N–H and O–H groups in total. The maximum Gasteiger partial charge on any atom is 0.254 e. The fourth-order valence-electron chi connectivity index (χ4n) is 5.05. The zero-order chi connectivity index (χ0) is 29.0. The van der Waals surface area contributed by atoms with E-state index in [-0.39, 0.29) is 39.6 Å². The Morgan fingerprint density at radius 2 is 1.85 bits per heavy atom. The minimum atomic E-state index is -3.94. The molecule has 11 nitrogen and oxygen atoms in total. The number of rotatable bonds is 9. The second-order valence-electron chi connectivity index (χ2n) is 10.3. The van der Waals surface area contributed by atoms with Gasteiger partial charge in [-0.25, -0.2) is 13.1 Å². The van der Waals surface area contributed by atoms with Crippen molar-refractivity contribution in [1.29, 1.82) is 5.41 Å². The number of amides is 1. The van der Waals surface area contributed by atoms with Gasteiger partial charge in [0.1, 0.15) is 11.9 Å². The van der Waals surface area contributed by atoms with Gasteiger partial charge in [0.05, 0.1) is 22.2 Å². The molecule has 1 amide bonds. The molecule has 1 aromatic heterocycles. The number of carbonyl (C=O) groups excluding carboxylic acids is 2. The van der Waals surface area contributed by atoms with E-state index in [4.69, 9.17) is 10.1 Å². The summed E-state index contributed by atoms with van der Waals surface area (Å²) in [5.74, 6) is 0.130. The molecule has 41 heavy (non-hydrogen) atoms. The summed E-state index contributed by atoms with van der Waals surface area (Å²) in [4.78, 5) is 32.7. The van der Waals surface area contributed by atoms with Crippen molar-refractivity contribution in [3.63, 3.8) is 0 Å². The molecule has 2 aliphatic heterocycles. The van der Waals surface area contributed by atoms with E-state index in [1.807, 2.05) is 0 Å². The Labute approximate surface area is 238 Å². The van der Waals surface area contributed by atoms with Crippen molar-refractivity contribution in [2.45, 2.75) is 36.3 Å². The molecular weight excluding hydrogens is 544 g/mol. The Bertz CT molecular complexity index is 1550. The first-order valence-corrected chi connectivity index (χ1v) is 14.8. The zero-order valence-corrected chi connectivity index (χ0v) is 23.4. The van der Waals surface area contributed by atoms with Gasteiger partial charge in [0.2, 0.25) is 10.0 Å². The van der Waals surface area contributed by atoms with Crippen LogP contribution in [0.2, 0.25) is 0 Å². The summed E-state index contributed by atoms with van der Waals surface area (Å²) in [5.41, 5.74) is 0.407. The van der Waals surface area contributed by atoms with Gasteiger partial charge >= 0.3 is 0 Å². The van der Waals surface area contributed by atoms with E-state index in [1.54, 1.807) is 60.6 Å². The average Bonchev–Trinajstić information content (AvgIpc) is 3.35. The van der Waals surface area contributed by atoms with E-state index in [0.717, 1.165) is 0 Å². The normalized spacial score (nSPS) is 17.0. The number of ether oxygens (including phenoxy) is 1. The summed E-state index contributed by atoms with van der Waals surface area (Å²) in [6, 6.07) is 15.8. The van der Waals surface area contributed by atoms with Crippen molar-refractivity contribution in [1.82, 2.24) is 25.2 Å². The Morgan fingerprint density at radius 1 is 1.10 bits per heavy atom. The van der Waals surface area contributed by atoms with E-state index in [9.17, 15) is 18.0 Å². The lowest BCUT2D eigenvalue weighted by molar-refractivity contribution is 0.0665. The highest BCUT2D eigenvalue weighted by molar-refractivity contribution is 7.89. The van der Waals surface area contributed by atoms with Crippen molar-refractivity contribution in [3.8, 4) is 5.75 Å². The number of hydrogen-bond acceptors (Lipinski definition) is 7. The first-order valence-electron chi connectivity index (χ1n) is 13.4. The molecule has 5 rings (SSSR count). The fraction of sp³-hybridized carbons (Fsp3) is 0.310. The van der Waals surface area contributed by atoms with Crippen LogP contribution in [-0.2, 0) is 10.0 Å². The number of nitrogens with zero attached hydrogens (tertiary/aromatic N) is 2. The zero-order valence-electron chi connectivity index (χ0n) is 22.6. The number of likely N-dealkylation sites (tertiary alicyclic amines) is 1. The fourth-order valence-corrected chi connectivity index (χ4v) is 6.21. The van der Waals surface area contributed by atoms with Crippen molar-refractivity contribution in [2.24, 2.45) is 0 Å². The van der Waals surface area contributed by atoms with Crippen LogP contribution < -0.4 is 20.1 Å². The van der Waals surface area contributed by atoms with Gasteiger partial charge in [-0.3, -0.25) is 20.0 Å². The number of ketones is 1. The third-order valence-corrected chi connectivity index (χ3v) is 8.76. The Morgan fingerprint density at radius 3 is 2.54 bits per heavy atom. The largest absolute Gasteiger partial charge is 0.488 e. The van der Waals surface area contributed by atoms with Gasteiger partial charge in [0, 0.05) is 43.5 Å². The summed E-state index contributed by atoms with van der Waals surface area (Å²) in [6.07, 6.45) is 4.06. The van der Waals surface area contributed by atoms with Crippen LogP contribution in [0.25, 0.3) is 0 Å². The SMILES string of the molecule is CC(CNS(=O)(=O)c1cccc(C(=O)c2ccccc2C(=O)N2CCC3(CC2)CNC(=N)N3)c1)Oc1cccnc1. The monoisotopic (exact) mass is 576 g/mol. The van der Waals surface area contributed by atoms with Crippen LogP contribution in [0.3, 0.4) is 0 Å². The molecule has 0 bridgehead atoms. The van der Waals surface area contributed by atoms with Gasteiger partial charge in [-0.05, 0) is 50.1 Å². The molecule has 2 aromatic carbocycles. The van der Waals surface area contributed by atoms with Gasteiger partial charge in [0.25, 0.3) is 5.91 Å². The van der Waals surface area contributed by atoms with Gasteiger partial charge in [-0.15, -0.1) is 0 Å². The van der Waals surface area contributed by atoms with Crippen LogP contribution >= 0.6 is 0 Å². The molecule has 0 radical (unpaired) electrons. The van der Waals surface area contributed by atoms with Gasteiger partial charge in [-0.2, -0.15) is 0 Å². The summed E-state index contributed by atoms with van der Waals surface area (Å²) in [5, 5.41) is 14.0. The Kier molecular flexibility index (Phi) is 8.04. The third kappa shape index (κ3) is 6.39. The number of sulfonamides is 1. The van der Waals surface area contributed by atoms with Crippen molar-refractivity contribution in [2.75, 3.05) is 26.2 Å². The third-order valence-electron chi connectivity index (χ3n) is 7.34. The van der Waals surface area contributed by atoms with Crippen molar-refractivity contribution < 1.29 is 22.7 Å². The molecule has 1 atom stereocenters. The van der Waals surface area contributed by atoms with Gasteiger partial charge in [0.15, 0.2) is 11.7 Å². The highest BCUT2D eigenvalue weighted by atomic mass is 32.2. The molecule has 1 unspecified atom stereocenters. The molecule has 12 heteroatoms. The van der Waals surface area contributed by atoms with E-state index in [0.29, 0.717) is 44.2 Å². The van der Waals surface area contributed by atoms with E-state index in [1.165, 1.54) is 24.3 Å². The number of carbonyl (C=O) groups is 2. The first-order chi connectivity index (χ1) is 19.7. The molecule has 1 spiro atoms. The highest BCUT2D eigenvalue weighted by Crippen LogP contribution is 2.26. The molecule has 2 saturated heterocycles. The Hall–Kier alpha value is -4.29. The lowest BCUT2D eigenvalue weighted by Gasteiger charge is -2.38. The summed E-state index contributed by atoms with van der Waals surface area (Å²) >= 11 is 0. The molecule has 2 aliphatic rings. The molecule has 214 valence electrons. The lowest BCUT2D eigenvalue weighted by atomic mass is 9.88. The van der Waals surface area contributed by atoms with Gasteiger partial charge < -0.3 is 20.3 Å². The first kappa shape index (κ1) is 28.2. The van der Waals surface area contributed by atoms with Crippen LogP contribution in [0.15, 0.2) is 78.0 Å². The summed E-state index contributed by atoms with van der Waals surface area (Å²) in [6.45, 7) is 3.37. The minimum Gasteiger partial charge on any atom is -0.488 e. The quantitative estimate of drug-likeness (QED) is 0.283. The van der Waals surface area contributed by atoms with Crippen LogP contribution in [0.1, 0.15) is 46.0 Å². The second-order valence-corrected chi connectivity index (χ2v) is 12.1. The molecule has 2 fully saturated rings. The van der Waals surface area contributed by atoms with E-state index in [2.05, 4.69) is 20.3 Å². The minimum absolute atomic E-state index is 0.0105. The van der Waals surface area contributed by atoms with Crippen LogP contribution in [0.4, 0.5) is 0 Å². The lowest BCUT2D eigenvalue weighted by Crippen LogP contribution is -2.53. The van der Waals surface area contributed by atoms with Crippen molar-refractivity contribution >= 4 is 27.7 Å². The number of nitrogens with one attached hydrogen (secondary N) is 4. The van der Waals surface area contributed by atoms with Crippen LogP contribution in [-0.4, -0.2) is 73.8 Å². The van der Waals surface area contributed by atoms with E-state index < -0.39 is 21.9 Å². The molecule has 3 heterocycles. The summed E-state index contributed by atoms with van der Waals surface area (Å²) in [7, 11) is -3.94. The van der Waals surface area contributed by atoms with Gasteiger partial charge in [-0.1, -0.05) is 30.3 Å². The maximum atomic E-state index is 13.6. The summed E-state index contributed by atoms with van der Waals surface area (Å²) < 4.78 is 34.3. The number of aromatic nitrogens is 1. The standard InChI is InChI=1S/C29H32N6O5S/c1-20(40-22-7-5-13-31-18-22)17-33-41(38,39)23-8-4-6-21(16-23)26(36)24-9-2-3-10-25(24)27(37)35-14-11-29(12-15-35)19-32-28(30)34-29/h2-10,13,16,18,20,33H,11-12,14-15,17,19H2,1H3,(H3,30,32,34). The Balaban J connectivity index is 1.28. The number of guanidine groups is 1. The molecule has 0 aliphatic carbocycles. The number of benzene rings is 2. The highest BCUT2D eigenvalue weighted by Gasteiger charge is 2.40. The maximum absolute atomic E-state index is 13.6. The predicted molar refractivity (Wildman–Crippen MR) is 153 cm³/mol. The number of hydrogen-bond donors (Lipinski definition) is 4. The molecule has 3 aromatic rings. The molecular formula is C29H32N6O5S. The van der Waals surface area contributed by atoms with Crippen molar-refractivity contribution in [3.05, 3.63) is 89.7 Å². The second kappa shape index (κ2) is 11.7. The average molecular weight is 577 g/mol. The topological polar surface area (TPSA) is 154 Å². The smallest absolute Gasteiger partial charge is 0.254 e. The van der Waals surface area contributed by atoms with Crippen LogP contribution in [0.5, 0.6) is 5.75 Å².